The maximum Gasteiger partial charge on any atom is 0.220 e. The van der Waals surface area contributed by atoms with Gasteiger partial charge in [0.15, 0.2) is 0 Å². The topological polar surface area (TPSA) is 55.1 Å². The van der Waals surface area contributed by atoms with Crippen LogP contribution in [0.3, 0.4) is 0 Å². The van der Waals surface area contributed by atoms with E-state index in [4.69, 9.17) is 5.73 Å². The number of amides is 1. The molecular formula is C14H22N2OS. The van der Waals surface area contributed by atoms with Gasteiger partial charge in [0.05, 0.1) is 6.54 Å². The minimum absolute atomic E-state index is 0.105. The summed E-state index contributed by atoms with van der Waals surface area (Å²) in [6.45, 7) is 3.44. The third-order valence-electron chi connectivity index (χ3n) is 3.91. The number of nitrogens with one attached hydrogen (secondary N) is 1. The molecule has 1 saturated carbocycles. The van der Waals surface area contributed by atoms with Gasteiger partial charge in [-0.15, -0.1) is 11.3 Å². The molecule has 0 spiro atoms. The molecule has 2 rings (SSSR count). The van der Waals surface area contributed by atoms with Crippen molar-refractivity contribution < 1.29 is 4.79 Å². The highest BCUT2D eigenvalue weighted by molar-refractivity contribution is 7.11. The standard InChI is InChI=1S/C14H22N2OS/c1-2-11-4-5-12(18-11)9-16-13(17)8-14(10-15)6-3-7-14/h4-5H,2-3,6-10,15H2,1H3,(H,16,17). The fourth-order valence-electron chi connectivity index (χ4n) is 2.43. The molecule has 1 aromatic heterocycles. The van der Waals surface area contributed by atoms with Gasteiger partial charge in [0, 0.05) is 16.2 Å². The molecule has 3 nitrogen and oxygen atoms in total. The second-order valence-corrected chi connectivity index (χ2v) is 6.49. The molecule has 1 heterocycles. The van der Waals surface area contributed by atoms with E-state index in [1.54, 1.807) is 11.3 Å². The van der Waals surface area contributed by atoms with E-state index in [1.165, 1.54) is 16.2 Å². The highest BCUT2D eigenvalue weighted by Gasteiger charge is 2.37. The van der Waals surface area contributed by atoms with Crippen LogP contribution in [-0.2, 0) is 17.8 Å². The maximum absolute atomic E-state index is 11.9. The number of rotatable bonds is 6. The predicted octanol–water partition coefficient (Wildman–Crippen LogP) is 2.45. The lowest BCUT2D eigenvalue weighted by Gasteiger charge is -2.40. The zero-order valence-electron chi connectivity index (χ0n) is 11.0. The van der Waals surface area contributed by atoms with E-state index in [1.807, 2.05) is 0 Å². The molecule has 0 saturated heterocycles. The van der Waals surface area contributed by atoms with Gasteiger partial charge in [-0.25, -0.2) is 0 Å². The zero-order valence-corrected chi connectivity index (χ0v) is 11.8. The second kappa shape index (κ2) is 5.85. The van der Waals surface area contributed by atoms with Crippen molar-refractivity contribution in [1.29, 1.82) is 0 Å². The van der Waals surface area contributed by atoms with Gasteiger partial charge >= 0.3 is 0 Å². The minimum atomic E-state index is 0.105. The Morgan fingerprint density at radius 1 is 1.44 bits per heavy atom. The molecule has 3 N–H and O–H groups in total. The van der Waals surface area contributed by atoms with Crippen molar-refractivity contribution in [2.75, 3.05) is 6.54 Å². The molecule has 0 aliphatic heterocycles. The molecule has 1 aromatic rings. The van der Waals surface area contributed by atoms with Gasteiger partial charge in [0.2, 0.25) is 5.91 Å². The zero-order chi connectivity index (χ0) is 13.0. The van der Waals surface area contributed by atoms with Crippen LogP contribution in [0.4, 0.5) is 0 Å². The first-order chi connectivity index (χ1) is 8.67. The number of nitrogens with two attached hydrogens (primary N) is 1. The lowest BCUT2D eigenvalue weighted by molar-refractivity contribution is -0.124. The molecule has 0 aromatic carbocycles. The SMILES string of the molecule is CCc1ccc(CNC(=O)CC2(CN)CCC2)s1. The Morgan fingerprint density at radius 2 is 2.17 bits per heavy atom. The number of aryl methyl sites for hydroxylation is 1. The van der Waals surface area contributed by atoms with Gasteiger partial charge in [-0.2, -0.15) is 0 Å². The maximum atomic E-state index is 11.9. The molecular weight excluding hydrogens is 244 g/mol. The van der Waals surface area contributed by atoms with Gasteiger partial charge < -0.3 is 11.1 Å². The molecule has 1 amide bonds. The molecule has 100 valence electrons. The summed E-state index contributed by atoms with van der Waals surface area (Å²) in [4.78, 5) is 14.5. The van der Waals surface area contributed by atoms with Crippen LogP contribution in [-0.4, -0.2) is 12.5 Å². The molecule has 0 radical (unpaired) electrons. The van der Waals surface area contributed by atoms with Crippen LogP contribution in [0.5, 0.6) is 0 Å². The summed E-state index contributed by atoms with van der Waals surface area (Å²) in [6, 6.07) is 4.24. The Labute approximate surface area is 113 Å². The number of hydrogen-bond donors (Lipinski definition) is 2. The van der Waals surface area contributed by atoms with Gasteiger partial charge in [-0.05, 0) is 43.4 Å². The van der Waals surface area contributed by atoms with Crippen molar-refractivity contribution >= 4 is 17.2 Å². The first-order valence-electron chi connectivity index (χ1n) is 6.72. The molecule has 0 bridgehead atoms. The highest BCUT2D eigenvalue weighted by Crippen LogP contribution is 2.42. The van der Waals surface area contributed by atoms with Crippen LogP contribution >= 0.6 is 11.3 Å². The molecule has 1 aliphatic rings. The third-order valence-corrected chi connectivity index (χ3v) is 5.14. The van der Waals surface area contributed by atoms with Crippen molar-refractivity contribution in [3.05, 3.63) is 21.9 Å². The van der Waals surface area contributed by atoms with E-state index in [-0.39, 0.29) is 11.3 Å². The smallest absolute Gasteiger partial charge is 0.220 e. The van der Waals surface area contributed by atoms with Gasteiger partial charge in [0.1, 0.15) is 0 Å². The lowest BCUT2D eigenvalue weighted by Crippen LogP contribution is -2.41. The van der Waals surface area contributed by atoms with Crippen LogP contribution in [0.2, 0.25) is 0 Å². The van der Waals surface area contributed by atoms with Gasteiger partial charge in [-0.3, -0.25) is 4.79 Å². The number of carbonyl (C=O) groups excluding carboxylic acids is 1. The van der Waals surface area contributed by atoms with E-state index in [0.29, 0.717) is 19.5 Å². The number of thiophene rings is 1. The van der Waals surface area contributed by atoms with Crippen molar-refractivity contribution in [2.24, 2.45) is 11.1 Å². The largest absolute Gasteiger partial charge is 0.351 e. The lowest BCUT2D eigenvalue weighted by atomic mass is 9.66. The Balaban J connectivity index is 1.77. The fraction of sp³-hybridized carbons (Fsp3) is 0.643. The van der Waals surface area contributed by atoms with Crippen molar-refractivity contribution in [3.63, 3.8) is 0 Å². The predicted molar refractivity (Wildman–Crippen MR) is 75.5 cm³/mol. The first kappa shape index (κ1) is 13.6. The Hall–Kier alpha value is -0.870. The summed E-state index contributed by atoms with van der Waals surface area (Å²) < 4.78 is 0. The molecule has 1 aliphatic carbocycles. The normalized spacial score (nSPS) is 17.2. The molecule has 0 unspecified atom stereocenters. The number of carbonyl (C=O) groups is 1. The van der Waals surface area contributed by atoms with Crippen molar-refractivity contribution in [2.45, 2.75) is 45.6 Å². The van der Waals surface area contributed by atoms with E-state index in [0.717, 1.165) is 19.3 Å². The summed E-state index contributed by atoms with van der Waals surface area (Å²) in [5, 5.41) is 3.01. The monoisotopic (exact) mass is 266 g/mol. The average molecular weight is 266 g/mol. The molecule has 18 heavy (non-hydrogen) atoms. The summed E-state index contributed by atoms with van der Waals surface area (Å²) in [6.07, 6.45) is 5.09. The summed E-state index contributed by atoms with van der Waals surface area (Å²) in [5.74, 6) is 0.145. The Morgan fingerprint density at radius 3 is 2.67 bits per heavy atom. The average Bonchev–Trinajstić information content (AvgIpc) is 2.79. The fourth-order valence-corrected chi connectivity index (χ4v) is 3.32. The first-order valence-corrected chi connectivity index (χ1v) is 7.53. The highest BCUT2D eigenvalue weighted by atomic mass is 32.1. The Bertz CT molecular complexity index is 404. The third kappa shape index (κ3) is 3.12. The van der Waals surface area contributed by atoms with Crippen molar-refractivity contribution in [1.82, 2.24) is 5.32 Å². The van der Waals surface area contributed by atoms with Gasteiger partial charge in [-0.1, -0.05) is 13.3 Å². The van der Waals surface area contributed by atoms with Crippen molar-refractivity contribution in [3.8, 4) is 0 Å². The van der Waals surface area contributed by atoms with E-state index in [2.05, 4.69) is 24.4 Å². The van der Waals surface area contributed by atoms with Crippen LogP contribution in [0.15, 0.2) is 12.1 Å². The molecule has 1 fully saturated rings. The van der Waals surface area contributed by atoms with E-state index >= 15 is 0 Å². The summed E-state index contributed by atoms with van der Waals surface area (Å²) >= 11 is 1.78. The van der Waals surface area contributed by atoms with Crippen LogP contribution < -0.4 is 11.1 Å². The minimum Gasteiger partial charge on any atom is -0.351 e. The van der Waals surface area contributed by atoms with Crippen LogP contribution in [0, 0.1) is 5.41 Å². The van der Waals surface area contributed by atoms with Gasteiger partial charge in [0.25, 0.3) is 0 Å². The van der Waals surface area contributed by atoms with Crippen LogP contribution in [0.25, 0.3) is 0 Å². The summed E-state index contributed by atoms with van der Waals surface area (Å²) in [7, 11) is 0. The summed E-state index contributed by atoms with van der Waals surface area (Å²) in [5.41, 5.74) is 5.87. The van der Waals surface area contributed by atoms with Crippen LogP contribution in [0.1, 0.15) is 42.4 Å². The second-order valence-electron chi connectivity index (χ2n) is 5.23. The Kier molecular flexibility index (Phi) is 4.40. The molecule has 4 heteroatoms. The quantitative estimate of drug-likeness (QED) is 0.831. The molecule has 0 atom stereocenters. The number of hydrogen-bond acceptors (Lipinski definition) is 3. The van der Waals surface area contributed by atoms with E-state index < -0.39 is 0 Å². The van der Waals surface area contributed by atoms with E-state index in [9.17, 15) is 4.79 Å².